The molecule has 20 heavy (non-hydrogen) atoms. The summed E-state index contributed by atoms with van der Waals surface area (Å²) in [5.41, 5.74) is 2.71. The van der Waals surface area contributed by atoms with E-state index in [1.165, 1.54) is 0 Å². The van der Waals surface area contributed by atoms with Gasteiger partial charge >= 0.3 is 0 Å². The van der Waals surface area contributed by atoms with Crippen molar-refractivity contribution in [2.45, 2.75) is 19.9 Å². The molecule has 0 aliphatic heterocycles. The Morgan fingerprint density at radius 1 is 1.15 bits per heavy atom. The molecule has 1 N–H and O–H groups in total. The molecular formula is C17H19NO2. The Labute approximate surface area is 119 Å². The van der Waals surface area contributed by atoms with Crippen LogP contribution in [0.5, 0.6) is 5.75 Å². The monoisotopic (exact) mass is 269 g/mol. The molecular weight excluding hydrogens is 250 g/mol. The van der Waals surface area contributed by atoms with E-state index in [1.807, 2.05) is 62.4 Å². The minimum absolute atomic E-state index is 0.0768. The van der Waals surface area contributed by atoms with Crippen LogP contribution in [0.25, 0.3) is 0 Å². The third kappa shape index (κ3) is 3.18. The lowest BCUT2D eigenvalue weighted by Gasteiger charge is -2.17. The lowest BCUT2D eigenvalue weighted by Crippen LogP contribution is -2.26. The molecule has 0 aliphatic carbocycles. The van der Waals surface area contributed by atoms with Gasteiger partial charge in [-0.15, -0.1) is 0 Å². The fourth-order valence-electron chi connectivity index (χ4n) is 2.17. The first-order chi connectivity index (χ1) is 9.61. The van der Waals surface area contributed by atoms with Gasteiger partial charge in [0.05, 0.1) is 13.2 Å². The second-order valence-corrected chi connectivity index (χ2v) is 4.81. The summed E-state index contributed by atoms with van der Waals surface area (Å²) in [5, 5.41) is 3.00. The number of amides is 1. The molecule has 3 nitrogen and oxygen atoms in total. The van der Waals surface area contributed by atoms with Crippen molar-refractivity contribution < 1.29 is 9.53 Å². The van der Waals surface area contributed by atoms with Crippen LogP contribution in [0, 0.1) is 6.92 Å². The maximum atomic E-state index is 12.2. The molecule has 2 aromatic rings. The summed E-state index contributed by atoms with van der Waals surface area (Å²) >= 11 is 0. The molecule has 0 fully saturated rings. The molecule has 0 saturated heterocycles. The van der Waals surface area contributed by atoms with Crippen LogP contribution >= 0.6 is 0 Å². The molecule has 1 amide bonds. The number of benzene rings is 2. The molecule has 0 heterocycles. The van der Waals surface area contributed by atoms with Gasteiger partial charge < -0.3 is 10.1 Å². The summed E-state index contributed by atoms with van der Waals surface area (Å²) < 4.78 is 5.32. The fraction of sp³-hybridized carbons (Fsp3) is 0.235. The molecule has 2 aromatic carbocycles. The van der Waals surface area contributed by atoms with E-state index in [4.69, 9.17) is 4.74 Å². The highest BCUT2D eigenvalue weighted by molar-refractivity contribution is 5.94. The van der Waals surface area contributed by atoms with E-state index in [9.17, 15) is 4.79 Å². The molecule has 0 bridgehead atoms. The van der Waals surface area contributed by atoms with E-state index in [0.29, 0.717) is 5.56 Å². The van der Waals surface area contributed by atoms with Gasteiger partial charge in [0.1, 0.15) is 5.75 Å². The van der Waals surface area contributed by atoms with E-state index >= 15 is 0 Å². The topological polar surface area (TPSA) is 38.3 Å². The van der Waals surface area contributed by atoms with Gasteiger partial charge in [-0.05, 0) is 32.0 Å². The summed E-state index contributed by atoms with van der Waals surface area (Å²) in [6.07, 6.45) is 0. The average molecular weight is 269 g/mol. The lowest BCUT2D eigenvalue weighted by atomic mass is 10.1. The van der Waals surface area contributed by atoms with Crippen LogP contribution in [0.3, 0.4) is 0 Å². The van der Waals surface area contributed by atoms with Crippen LogP contribution in [0.4, 0.5) is 0 Å². The Morgan fingerprint density at radius 3 is 2.60 bits per heavy atom. The Hall–Kier alpha value is -2.29. The molecule has 1 unspecified atom stereocenters. The van der Waals surface area contributed by atoms with E-state index in [1.54, 1.807) is 7.11 Å². The van der Waals surface area contributed by atoms with Gasteiger partial charge in [0.2, 0.25) is 0 Å². The minimum atomic E-state index is -0.112. The van der Waals surface area contributed by atoms with Crippen molar-refractivity contribution in [3.05, 3.63) is 65.2 Å². The van der Waals surface area contributed by atoms with Gasteiger partial charge in [-0.3, -0.25) is 4.79 Å². The number of carbonyl (C=O) groups is 1. The minimum Gasteiger partial charge on any atom is -0.496 e. The second kappa shape index (κ2) is 6.24. The number of carbonyl (C=O) groups excluding carboxylic acids is 1. The van der Waals surface area contributed by atoms with Crippen molar-refractivity contribution >= 4 is 5.91 Å². The summed E-state index contributed by atoms with van der Waals surface area (Å²) in [6.45, 7) is 3.92. The molecule has 0 spiro atoms. The van der Waals surface area contributed by atoms with Crippen molar-refractivity contribution in [3.63, 3.8) is 0 Å². The molecule has 104 valence electrons. The highest BCUT2D eigenvalue weighted by Gasteiger charge is 2.14. The zero-order valence-corrected chi connectivity index (χ0v) is 12.0. The zero-order valence-electron chi connectivity index (χ0n) is 12.0. The Kier molecular flexibility index (Phi) is 4.41. The highest BCUT2D eigenvalue weighted by Crippen LogP contribution is 2.24. The number of rotatable bonds is 4. The summed E-state index contributed by atoms with van der Waals surface area (Å²) in [5.74, 6) is 0.705. The third-order valence-corrected chi connectivity index (χ3v) is 3.23. The molecule has 0 aliphatic rings. The van der Waals surface area contributed by atoms with Crippen molar-refractivity contribution in [2.24, 2.45) is 0 Å². The van der Waals surface area contributed by atoms with Crippen LogP contribution in [0.2, 0.25) is 0 Å². The van der Waals surface area contributed by atoms with Crippen LogP contribution in [-0.2, 0) is 0 Å². The SMILES string of the molecule is COc1ccccc1C(C)NC(=O)c1cccc(C)c1. The van der Waals surface area contributed by atoms with Crippen molar-refractivity contribution in [1.82, 2.24) is 5.32 Å². The molecule has 2 rings (SSSR count). The highest BCUT2D eigenvalue weighted by atomic mass is 16.5. The Balaban J connectivity index is 2.15. The van der Waals surface area contributed by atoms with Gasteiger partial charge in [0.25, 0.3) is 5.91 Å². The molecule has 0 aromatic heterocycles. The number of ether oxygens (including phenoxy) is 1. The summed E-state index contributed by atoms with van der Waals surface area (Å²) in [6, 6.07) is 15.1. The Bertz CT molecular complexity index is 607. The van der Waals surface area contributed by atoms with Crippen molar-refractivity contribution in [1.29, 1.82) is 0 Å². The average Bonchev–Trinajstić information content (AvgIpc) is 2.47. The van der Waals surface area contributed by atoms with Crippen LogP contribution < -0.4 is 10.1 Å². The van der Waals surface area contributed by atoms with Gasteiger partial charge in [-0.2, -0.15) is 0 Å². The molecule has 0 radical (unpaired) electrons. The van der Waals surface area contributed by atoms with Gasteiger partial charge in [-0.25, -0.2) is 0 Å². The third-order valence-electron chi connectivity index (χ3n) is 3.23. The molecule has 1 atom stereocenters. The number of methoxy groups -OCH3 is 1. The number of hydrogen-bond acceptors (Lipinski definition) is 2. The Morgan fingerprint density at radius 2 is 1.90 bits per heavy atom. The summed E-state index contributed by atoms with van der Waals surface area (Å²) in [4.78, 5) is 12.2. The number of hydrogen-bond donors (Lipinski definition) is 1. The summed E-state index contributed by atoms with van der Waals surface area (Å²) in [7, 11) is 1.63. The van der Waals surface area contributed by atoms with E-state index in [2.05, 4.69) is 5.32 Å². The maximum Gasteiger partial charge on any atom is 0.251 e. The van der Waals surface area contributed by atoms with Crippen molar-refractivity contribution in [2.75, 3.05) is 7.11 Å². The predicted octanol–water partition coefficient (Wildman–Crippen LogP) is 3.49. The first-order valence-corrected chi connectivity index (χ1v) is 6.62. The van der Waals surface area contributed by atoms with Gasteiger partial charge in [0, 0.05) is 11.1 Å². The number of aryl methyl sites for hydroxylation is 1. The van der Waals surface area contributed by atoms with E-state index in [0.717, 1.165) is 16.9 Å². The zero-order chi connectivity index (χ0) is 14.5. The number of para-hydroxylation sites is 1. The van der Waals surface area contributed by atoms with E-state index in [-0.39, 0.29) is 11.9 Å². The van der Waals surface area contributed by atoms with Gasteiger partial charge in [-0.1, -0.05) is 35.9 Å². The fourth-order valence-corrected chi connectivity index (χ4v) is 2.17. The van der Waals surface area contributed by atoms with Gasteiger partial charge in [0.15, 0.2) is 0 Å². The van der Waals surface area contributed by atoms with Crippen LogP contribution in [0.1, 0.15) is 34.5 Å². The quantitative estimate of drug-likeness (QED) is 0.922. The standard InChI is InChI=1S/C17H19NO2/c1-12-7-6-8-14(11-12)17(19)18-13(2)15-9-4-5-10-16(15)20-3/h4-11,13H,1-3H3,(H,18,19). The van der Waals surface area contributed by atoms with E-state index < -0.39 is 0 Å². The lowest BCUT2D eigenvalue weighted by molar-refractivity contribution is 0.0939. The largest absolute Gasteiger partial charge is 0.496 e. The molecule has 3 heteroatoms. The molecule has 0 saturated carbocycles. The predicted molar refractivity (Wildman–Crippen MR) is 80.1 cm³/mol. The second-order valence-electron chi connectivity index (χ2n) is 4.81. The first kappa shape index (κ1) is 14.1. The maximum absolute atomic E-state index is 12.2. The smallest absolute Gasteiger partial charge is 0.251 e. The van der Waals surface area contributed by atoms with Crippen LogP contribution in [0.15, 0.2) is 48.5 Å². The number of nitrogens with one attached hydrogen (secondary N) is 1. The van der Waals surface area contributed by atoms with Crippen LogP contribution in [-0.4, -0.2) is 13.0 Å². The van der Waals surface area contributed by atoms with Crippen molar-refractivity contribution in [3.8, 4) is 5.75 Å². The normalized spacial score (nSPS) is 11.8. The first-order valence-electron chi connectivity index (χ1n) is 6.62.